The minimum atomic E-state index is -0.587. The summed E-state index contributed by atoms with van der Waals surface area (Å²) in [7, 11) is 1.30. The van der Waals surface area contributed by atoms with Crippen LogP contribution in [0, 0.1) is 6.07 Å². The molecule has 2 rings (SSSR count). The molecule has 6 heteroatoms. The Morgan fingerprint density at radius 2 is 1.82 bits per heavy atom. The fraction of sp³-hybridized carbons (Fsp3) is 0.0909. The Balaban J connectivity index is 0.00000128. The van der Waals surface area contributed by atoms with Crippen LogP contribution in [0.1, 0.15) is 0 Å². The fourth-order valence-corrected chi connectivity index (χ4v) is 1.29. The minimum Gasteiger partial charge on any atom is -0.689 e. The van der Waals surface area contributed by atoms with Crippen molar-refractivity contribution in [3.63, 3.8) is 0 Å². The summed E-state index contributed by atoms with van der Waals surface area (Å²) >= 11 is 0. The van der Waals surface area contributed by atoms with Crippen molar-refractivity contribution >= 4 is 10.9 Å². The zero-order chi connectivity index (χ0) is 10.8. The van der Waals surface area contributed by atoms with Gasteiger partial charge in [-0.25, -0.2) is 0 Å². The first kappa shape index (κ1) is 16.1. The summed E-state index contributed by atoms with van der Waals surface area (Å²) in [5.41, 5.74) is -0.625. The number of fused-ring (bicyclic) bond motifs is 1. The number of hydrogen-bond acceptors (Lipinski definition) is 3. The number of rotatable bonds is 1. The van der Waals surface area contributed by atoms with Crippen molar-refractivity contribution < 1.29 is 42.5 Å². The summed E-state index contributed by atoms with van der Waals surface area (Å²) in [4.78, 5) is 26.8. The van der Waals surface area contributed by atoms with Crippen molar-refractivity contribution in [3.05, 3.63) is 50.9 Å². The van der Waals surface area contributed by atoms with Gasteiger partial charge in [-0.3, -0.25) is 0 Å². The van der Waals surface area contributed by atoms with Gasteiger partial charge in [0.2, 0.25) is 0 Å². The molecule has 0 bridgehead atoms. The predicted molar refractivity (Wildman–Crippen MR) is 55.2 cm³/mol. The Bertz CT molecular complexity index is 625. The van der Waals surface area contributed by atoms with E-state index in [0.717, 1.165) is 0 Å². The number of para-hydroxylation sites is 1. The zero-order valence-electron chi connectivity index (χ0n) is 9.98. The second-order valence-electron chi connectivity index (χ2n) is 2.92. The van der Waals surface area contributed by atoms with Crippen molar-refractivity contribution in [2.24, 2.45) is 0 Å². The molecular formula is C11H7Li2NO3. The maximum Gasteiger partial charge on any atom is 1.00 e. The van der Waals surface area contributed by atoms with Crippen molar-refractivity contribution in [2.45, 2.75) is 0 Å². The van der Waals surface area contributed by atoms with E-state index in [0.29, 0.717) is 10.9 Å². The second-order valence-corrected chi connectivity index (χ2v) is 2.92. The molecule has 0 amide bonds. The van der Waals surface area contributed by atoms with Crippen LogP contribution in [0.4, 0.5) is 0 Å². The molecule has 0 unspecified atom stereocenters. The molecule has 1 aromatic carbocycles. The first-order chi connectivity index (χ1) is 7.22. The van der Waals surface area contributed by atoms with E-state index >= 15 is 0 Å². The Morgan fingerprint density at radius 1 is 1.18 bits per heavy atom. The van der Waals surface area contributed by atoms with Gasteiger partial charge in [-0.15, -0.1) is 6.07 Å². The maximum absolute atomic E-state index is 11.6. The molecular weight excluding hydrogens is 208 g/mol. The van der Waals surface area contributed by atoms with E-state index < -0.39 is 11.0 Å². The number of methoxy groups -OCH3 is 1. The minimum absolute atomic E-state index is 0. The number of benzene rings is 1. The molecule has 0 spiro atoms. The summed E-state index contributed by atoms with van der Waals surface area (Å²) in [5.74, 6) is -0.156. The number of nitrogens with zero attached hydrogens (tertiary/aromatic N) is 1. The smallest absolute Gasteiger partial charge is 0.689 e. The van der Waals surface area contributed by atoms with Gasteiger partial charge in [-0.1, -0.05) is 29.7 Å². The molecule has 17 heavy (non-hydrogen) atoms. The van der Waals surface area contributed by atoms with Gasteiger partial charge in [0, 0.05) is 11.3 Å². The zero-order valence-corrected chi connectivity index (χ0v) is 9.98. The molecule has 1 aromatic heterocycles. The van der Waals surface area contributed by atoms with Crippen LogP contribution in [-0.2, 0) is 0 Å². The van der Waals surface area contributed by atoms with Gasteiger partial charge in [0.1, 0.15) is 0 Å². The van der Waals surface area contributed by atoms with Crippen LogP contribution in [0.2, 0.25) is 0 Å². The van der Waals surface area contributed by atoms with Crippen LogP contribution in [0.15, 0.2) is 33.9 Å². The van der Waals surface area contributed by atoms with Crippen molar-refractivity contribution in [2.75, 3.05) is 7.11 Å². The number of ether oxygens (including phenoxy) is 1. The monoisotopic (exact) mass is 215 g/mol. The third-order valence-electron chi connectivity index (χ3n) is 2.00. The van der Waals surface area contributed by atoms with E-state index in [1.54, 1.807) is 24.3 Å². The number of hydrogen-bond donors (Lipinski definition) is 0. The van der Waals surface area contributed by atoms with E-state index in [2.05, 4.69) is 11.1 Å². The average Bonchev–Trinajstić information content (AvgIpc) is 2.37. The molecule has 4 nitrogen and oxygen atoms in total. The molecule has 0 N–H and O–H groups in total. The fourth-order valence-electron chi connectivity index (χ4n) is 1.29. The van der Waals surface area contributed by atoms with E-state index in [-0.39, 0.29) is 43.5 Å². The van der Waals surface area contributed by atoms with Crippen molar-refractivity contribution in [1.29, 1.82) is 0 Å². The molecule has 0 saturated carbocycles. The molecule has 0 aliphatic carbocycles. The molecule has 0 fully saturated rings. The topological polar surface area (TPSA) is 57.5 Å². The van der Waals surface area contributed by atoms with Crippen LogP contribution in [-0.4, -0.2) is 7.11 Å². The maximum atomic E-state index is 11.6. The van der Waals surface area contributed by atoms with Gasteiger partial charge in [-0.2, -0.15) is 5.52 Å². The summed E-state index contributed by atoms with van der Waals surface area (Å²) < 4.78 is 4.73. The summed E-state index contributed by atoms with van der Waals surface area (Å²) in [5, 5.41) is 0.359. The van der Waals surface area contributed by atoms with Crippen LogP contribution in [0.3, 0.4) is 0 Å². The Hall–Kier alpha value is -0.905. The standard InChI is InChI=1S/C11H8NO3.2Li/c1-15-10-6-9(13)7-4-2-3-5-8(7)12-11(10)14;;/h2-5H,1H3,(H,12,13,14);;/q-1;2*+1/p-1. The van der Waals surface area contributed by atoms with Gasteiger partial charge in [0.25, 0.3) is 0 Å². The summed E-state index contributed by atoms with van der Waals surface area (Å²) in [6, 6.07) is 8.96. The Kier molecular flexibility index (Phi) is 6.38. The number of aromatic nitrogens is 1. The summed E-state index contributed by atoms with van der Waals surface area (Å²) in [6.07, 6.45) is 0. The Labute approximate surface area is 122 Å². The van der Waals surface area contributed by atoms with Crippen molar-refractivity contribution in [3.8, 4) is 5.75 Å². The third-order valence-corrected chi connectivity index (χ3v) is 2.00. The van der Waals surface area contributed by atoms with Crippen LogP contribution < -0.4 is 58.4 Å². The molecule has 0 saturated heterocycles. The van der Waals surface area contributed by atoms with E-state index in [1.807, 2.05) is 0 Å². The van der Waals surface area contributed by atoms with Crippen LogP contribution >= 0.6 is 0 Å². The largest absolute Gasteiger partial charge is 1.00 e. The molecule has 0 radical (unpaired) electrons. The molecule has 2 aromatic rings. The third kappa shape index (κ3) is 3.28. The molecule has 0 atom stereocenters. The molecule has 0 aliphatic rings. The second kappa shape index (κ2) is 6.74. The van der Waals surface area contributed by atoms with E-state index in [4.69, 9.17) is 4.74 Å². The SMILES string of the molecule is COc1[c-]c(=O)c2ccccc2[n-]c1=O.[Li+].[Li+]. The first-order valence-corrected chi connectivity index (χ1v) is 4.30. The van der Waals surface area contributed by atoms with Gasteiger partial charge in [0.05, 0.1) is 12.5 Å². The van der Waals surface area contributed by atoms with Gasteiger partial charge in [-0.05, 0) is 0 Å². The van der Waals surface area contributed by atoms with E-state index in [1.165, 1.54) is 7.11 Å². The normalized spacial score (nSPS) is 9.00. The molecule has 0 aliphatic heterocycles. The predicted octanol–water partition coefficient (Wildman–Crippen LogP) is -5.67. The molecule has 76 valence electrons. The van der Waals surface area contributed by atoms with Crippen LogP contribution in [0.25, 0.3) is 10.9 Å². The summed E-state index contributed by atoms with van der Waals surface area (Å²) in [6.45, 7) is 0. The first-order valence-electron chi connectivity index (χ1n) is 4.30. The van der Waals surface area contributed by atoms with Gasteiger partial charge in [0.15, 0.2) is 0 Å². The van der Waals surface area contributed by atoms with Crippen molar-refractivity contribution in [1.82, 2.24) is 4.98 Å². The average molecular weight is 215 g/mol. The van der Waals surface area contributed by atoms with Gasteiger partial charge < -0.3 is 19.3 Å². The molecule has 1 heterocycles. The van der Waals surface area contributed by atoms with Gasteiger partial charge >= 0.3 is 37.7 Å². The van der Waals surface area contributed by atoms with E-state index in [9.17, 15) is 9.59 Å². The Morgan fingerprint density at radius 3 is 2.47 bits per heavy atom. The van der Waals surface area contributed by atoms with Crippen LogP contribution in [0.5, 0.6) is 5.75 Å². The quantitative estimate of drug-likeness (QED) is 0.351.